The Bertz CT molecular complexity index is 449. The molecule has 0 spiro atoms. The van der Waals surface area contributed by atoms with Crippen molar-refractivity contribution in [3.05, 3.63) is 22.9 Å². The zero-order valence-corrected chi connectivity index (χ0v) is 12.4. The third-order valence-corrected chi connectivity index (χ3v) is 3.82. The Hall–Kier alpha value is -1.09. The minimum absolute atomic E-state index is 0.0645. The Morgan fingerprint density at radius 1 is 1.39 bits per heavy atom. The van der Waals surface area contributed by atoms with Crippen LogP contribution in [0.15, 0.2) is 6.07 Å². The van der Waals surface area contributed by atoms with E-state index in [-0.39, 0.29) is 5.41 Å². The van der Waals surface area contributed by atoms with Crippen molar-refractivity contribution in [3.8, 4) is 5.88 Å². The number of rotatable bonds is 1. The number of methoxy groups -OCH3 is 1. The van der Waals surface area contributed by atoms with Gasteiger partial charge in [-0.25, -0.2) is 4.98 Å². The highest BCUT2D eigenvalue weighted by molar-refractivity contribution is 5.40. The predicted octanol–water partition coefficient (Wildman–Crippen LogP) is 2.76. The molecule has 1 atom stereocenters. The molecule has 100 valence electrons. The Morgan fingerprint density at radius 3 is 2.61 bits per heavy atom. The van der Waals surface area contributed by atoms with E-state index in [2.05, 4.69) is 45.7 Å². The third kappa shape index (κ3) is 2.37. The van der Waals surface area contributed by atoms with E-state index < -0.39 is 0 Å². The van der Waals surface area contributed by atoms with Gasteiger partial charge in [-0.05, 0) is 31.0 Å². The van der Waals surface area contributed by atoms with E-state index in [9.17, 15) is 0 Å². The smallest absolute Gasteiger partial charge is 0.217 e. The van der Waals surface area contributed by atoms with Crippen LogP contribution < -0.4 is 4.74 Å². The van der Waals surface area contributed by atoms with Gasteiger partial charge < -0.3 is 4.74 Å². The minimum Gasteiger partial charge on any atom is -0.481 e. The van der Waals surface area contributed by atoms with Crippen molar-refractivity contribution >= 4 is 0 Å². The lowest BCUT2D eigenvalue weighted by atomic mass is 9.85. The van der Waals surface area contributed by atoms with Gasteiger partial charge in [0.15, 0.2) is 0 Å². The molecule has 1 aromatic heterocycles. The summed E-state index contributed by atoms with van der Waals surface area (Å²) in [5, 5.41) is 0. The topological polar surface area (TPSA) is 25.4 Å². The van der Waals surface area contributed by atoms with Crippen molar-refractivity contribution in [2.45, 2.75) is 52.1 Å². The van der Waals surface area contributed by atoms with Crippen LogP contribution in [0.25, 0.3) is 0 Å². The maximum Gasteiger partial charge on any atom is 0.217 e. The molecular formula is C15H24N2O. The SMILES string of the molecule is COc1nc2c(cc1C(C)(C)C)CN(C)[C@H](C)C2. The number of aromatic nitrogens is 1. The zero-order chi connectivity index (χ0) is 13.5. The van der Waals surface area contributed by atoms with Crippen molar-refractivity contribution in [3.63, 3.8) is 0 Å². The lowest BCUT2D eigenvalue weighted by molar-refractivity contribution is 0.227. The second-order valence-corrected chi connectivity index (χ2v) is 6.37. The second kappa shape index (κ2) is 4.54. The van der Waals surface area contributed by atoms with Crippen LogP contribution in [0.5, 0.6) is 5.88 Å². The van der Waals surface area contributed by atoms with Crippen molar-refractivity contribution in [2.24, 2.45) is 0 Å². The average molecular weight is 248 g/mol. The van der Waals surface area contributed by atoms with E-state index in [1.165, 1.54) is 16.8 Å². The summed E-state index contributed by atoms with van der Waals surface area (Å²) in [5.41, 5.74) is 3.81. The van der Waals surface area contributed by atoms with Crippen molar-refractivity contribution in [1.29, 1.82) is 0 Å². The monoisotopic (exact) mass is 248 g/mol. The van der Waals surface area contributed by atoms with Crippen LogP contribution in [-0.4, -0.2) is 30.1 Å². The van der Waals surface area contributed by atoms with Crippen molar-refractivity contribution in [1.82, 2.24) is 9.88 Å². The van der Waals surface area contributed by atoms with E-state index >= 15 is 0 Å². The van der Waals surface area contributed by atoms with Gasteiger partial charge in [-0.1, -0.05) is 20.8 Å². The fraction of sp³-hybridized carbons (Fsp3) is 0.667. The molecule has 3 heteroatoms. The van der Waals surface area contributed by atoms with Crippen LogP contribution in [0.2, 0.25) is 0 Å². The van der Waals surface area contributed by atoms with Crippen LogP contribution in [0.3, 0.4) is 0 Å². The molecule has 1 aliphatic heterocycles. The summed E-state index contributed by atoms with van der Waals surface area (Å²) in [6.07, 6.45) is 1.01. The Labute approximate surface area is 110 Å². The molecule has 0 fully saturated rings. The molecule has 0 bridgehead atoms. The van der Waals surface area contributed by atoms with Gasteiger partial charge in [-0.3, -0.25) is 4.90 Å². The molecule has 0 N–H and O–H groups in total. The first-order valence-electron chi connectivity index (χ1n) is 6.60. The van der Waals surface area contributed by atoms with Crippen LogP contribution in [0, 0.1) is 0 Å². The summed E-state index contributed by atoms with van der Waals surface area (Å²) in [6.45, 7) is 9.83. The maximum absolute atomic E-state index is 5.48. The number of likely N-dealkylation sites (N-methyl/N-ethyl adjacent to an activating group) is 1. The summed E-state index contributed by atoms with van der Waals surface area (Å²) in [6, 6.07) is 2.83. The van der Waals surface area contributed by atoms with Gasteiger partial charge in [-0.15, -0.1) is 0 Å². The summed E-state index contributed by atoms with van der Waals surface area (Å²) >= 11 is 0. The van der Waals surface area contributed by atoms with Crippen molar-refractivity contribution in [2.75, 3.05) is 14.2 Å². The summed E-state index contributed by atoms with van der Waals surface area (Å²) in [5.74, 6) is 0.790. The molecule has 2 heterocycles. The van der Waals surface area contributed by atoms with E-state index in [1.54, 1.807) is 7.11 Å². The molecule has 0 amide bonds. The maximum atomic E-state index is 5.48. The van der Waals surface area contributed by atoms with Gasteiger partial charge in [0.05, 0.1) is 12.8 Å². The molecule has 2 rings (SSSR count). The van der Waals surface area contributed by atoms with Gasteiger partial charge in [-0.2, -0.15) is 0 Å². The van der Waals surface area contributed by atoms with E-state index in [0.29, 0.717) is 6.04 Å². The normalized spacial score (nSPS) is 20.7. The fourth-order valence-corrected chi connectivity index (χ4v) is 2.44. The lowest BCUT2D eigenvalue weighted by Crippen LogP contribution is -2.36. The van der Waals surface area contributed by atoms with E-state index in [0.717, 1.165) is 18.8 Å². The largest absolute Gasteiger partial charge is 0.481 e. The first-order chi connectivity index (χ1) is 8.32. The highest BCUT2D eigenvalue weighted by Crippen LogP contribution is 2.33. The van der Waals surface area contributed by atoms with E-state index in [1.807, 2.05) is 0 Å². The van der Waals surface area contributed by atoms with Gasteiger partial charge in [0.1, 0.15) is 0 Å². The quantitative estimate of drug-likeness (QED) is 0.764. The van der Waals surface area contributed by atoms with Gasteiger partial charge in [0.2, 0.25) is 5.88 Å². The van der Waals surface area contributed by atoms with Crippen molar-refractivity contribution < 1.29 is 4.74 Å². The molecule has 3 nitrogen and oxygen atoms in total. The number of hydrogen-bond donors (Lipinski definition) is 0. The van der Waals surface area contributed by atoms with Crippen LogP contribution in [0.1, 0.15) is 44.5 Å². The number of fused-ring (bicyclic) bond motifs is 1. The Balaban J connectivity index is 2.50. The summed E-state index contributed by atoms with van der Waals surface area (Å²) < 4.78 is 5.48. The van der Waals surface area contributed by atoms with Gasteiger partial charge in [0.25, 0.3) is 0 Å². The average Bonchev–Trinajstić information content (AvgIpc) is 2.28. The predicted molar refractivity (Wildman–Crippen MR) is 74.1 cm³/mol. The summed E-state index contributed by atoms with van der Waals surface area (Å²) in [7, 11) is 3.89. The highest BCUT2D eigenvalue weighted by Gasteiger charge is 2.26. The molecule has 0 saturated carbocycles. The number of hydrogen-bond acceptors (Lipinski definition) is 3. The molecule has 1 aromatic rings. The minimum atomic E-state index is 0.0645. The van der Waals surface area contributed by atoms with Crippen LogP contribution in [-0.2, 0) is 18.4 Å². The fourth-order valence-electron chi connectivity index (χ4n) is 2.44. The van der Waals surface area contributed by atoms with E-state index in [4.69, 9.17) is 9.72 Å². The molecule has 0 unspecified atom stereocenters. The van der Waals surface area contributed by atoms with Gasteiger partial charge in [0, 0.05) is 24.6 Å². The molecule has 0 radical (unpaired) electrons. The van der Waals surface area contributed by atoms with Gasteiger partial charge >= 0.3 is 0 Å². The third-order valence-electron chi connectivity index (χ3n) is 3.82. The Morgan fingerprint density at radius 2 is 2.06 bits per heavy atom. The first kappa shape index (κ1) is 13.3. The molecule has 0 aliphatic carbocycles. The van der Waals surface area contributed by atoms with Crippen LogP contribution in [0.4, 0.5) is 0 Å². The molecule has 0 aromatic carbocycles. The summed E-state index contributed by atoms with van der Waals surface area (Å²) in [4.78, 5) is 7.11. The lowest BCUT2D eigenvalue weighted by Gasteiger charge is -2.32. The number of nitrogens with zero attached hydrogens (tertiary/aromatic N) is 2. The number of pyridine rings is 1. The molecule has 1 aliphatic rings. The molecule has 0 saturated heterocycles. The number of ether oxygens (including phenoxy) is 1. The standard InChI is InChI=1S/C15H24N2O/c1-10-7-13-11(9-17(10)5)8-12(15(2,3)4)14(16-13)18-6/h8,10H,7,9H2,1-6H3/t10-/m1/s1. The molecular weight excluding hydrogens is 224 g/mol. The molecule has 18 heavy (non-hydrogen) atoms. The van der Waals surface area contributed by atoms with Crippen LogP contribution >= 0.6 is 0 Å². The second-order valence-electron chi connectivity index (χ2n) is 6.37. The Kier molecular flexibility index (Phi) is 3.37. The highest BCUT2D eigenvalue weighted by atomic mass is 16.5. The zero-order valence-electron chi connectivity index (χ0n) is 12.4. The first-order valence-corrected chi connectivity index (χ1v) is 6.60.